The largest absolute Gasteiger partial charge is 0.341 e. The molecular weight excluding hydrogens is 234 g/mol. The molecule has 1 aromatic heterocycles. The lowest BCUT2D eigenvalue weighted by Gasteiger charge is -2.11. The maximum Gasteiger partial charge on any atom is 0.124 e. The van der Waals surface area contributed by atoms with Crippen LogP contribution in [0.1, 0.15) is 24.4 Å². The molecular formula is C16H17N3. The zero-order chi connectivity index (χ0) is 13.1. The average Bonchev–Trinajstić information content (AvgIpc) is 2.90. The molecule has 3 rings (SSSR count). The minimum Gasteiger partial charge on any atom is -0.341 e. The second-order valence-corrected chi connectivity index (χ2v) is 4.73. The predicted molar refractivity (Wildman–Crippen MR) is 77.8 cm³/mol. The van der Waals surface area contributed by atoms with Gasteiger partial charge in [0.05, 0.1) is 17.1 Å². The first-order valence-electron chi connectivity index (χ1n) is 6.55. The van der Waals surface area contributed by atoms with Gasteiger partial charge >= 0.3 is 0 Å². The van der Waals surface area contributed by atoms with Crippen LogP contribution in [-0.4, -0.2) is 9.97 Å². The summed E-state index contributed by atoms with van der Waals surface area (Å²) in [6, 6.07) is 18.7. The van der Waals surface area contributed by atoms with E-state index in [0.717, 1.165) is 23.4 Å². The van der Waals surface area contributed by atoms with Crippen molar-refractivity contribution in [2.75, 3.05) is 0 Å². The Labute approximate surface area is 112 Å². The number of rotatable bonds is 4. The monoisotopic (exact) mass is 251 g/mol. The standard InChI is InChI=1S/C16H17N3/c1-12(17-11-13-7-3-2-4-8-13)16-18-14-9-5-6-10-15(14)19-16/h2-10,12,17H,11H2,1H3,(H,18,19). The van der Waals surface area contributed by atoms with Gasteiger partial charge in [0, 0.05) is 6.54 Å². The van der Waals surface area contributed by atoms with Crippen LogP contribution in [0, 0.1) is 0 Å². The van der Waals surface area contributed by atoms with E-state index in [9.17, 15) is 0 Å². The van der Waals surface area contributed by atoms with Crippen molar-refractivity contribution < 1.29 is 0 Å². The minimum atomic E-state index is 0.201. The first-order valence-corrected chi connectivity index (χ1v) is 6.55. The molecule has 0 saturated carbocycles. The average molecular weight is 251 g/mol. The molecule has 1 heterocycles. The first kappa shape index (κ1) is 11.9. The van der Waals surface area contributed by atoms with Gasteiger partial charge in [-0.2, -0.15) is 0 Å². The van der Waals surface area contributed by atoms with E-state index in [1.807, 2.05) is 24.3 Å². The topological polar surface area (TPSA) is 40.7 Å². The Kier molecular flexibility index (Phi) is 3.29. The molecule has 2 N–H and O–H groups in total. The molecule has 0 aliphatic carbocycles. The number of hydrogen-bond donors (Lipinski definition) is 2. The highest BCUT2D eigenvalue weighted by molar-refractivity contribution is 5.74. The lowest BCUT2D eigenvalue weighted by Crippen LogP contribution is -2.19. The number of imidazole rings is 1. The SMILES string of the molecule is CC(NCc1ccccc1)c1nc2ccccc2[nH]1. The van der Waals surface area contributed by atoms with Gasteiger partial charge in [-0.3, -0.25) is 0 Å². The van der Waals surface area contributed by atoms with Gasteiger partial charge in [0.2, 0.25) is 0 Å². The maximum absolute atomic E-state index is 4.61. The van der Waals surface area contributed by atoms with Gasteiger partial charge < -0.3 is 10.3 Å². The fraction of sp³-hybridized carbons (Fsp3) is 0.188. The second kappa shape index (κ2) is 5.24. The first-order chi connectivity index (χ1) is 9.33. The van der Waals surface area contributed by atoms with Crippen LogP contribution in [0.15, 0.2) is 54.6 Å². The van der Waals surface area contributed by atoms with Crippen molar-refractivity contribution in [1.82, 2.24) is 15.3 Å². The Morgan fingerprint density at radius 3 is 2.58 bits per heavy atom. The van der Waals surface area contributed by atoms with E-state index in [1.54, 1.807) is 0 Å². The van der Waals surface area contributed by atoms with Gasteiger partial charge in [-0.25, -0.2) is 4.98 Å². The summed E-state index contributed by atoms with van der Waals surface area (Å²) in [6.07, 6.45) is 0. The number of aromatic amines is 1. The van der Waals surface area contributed by atoms with Gasteiger partial charge in [-0.05, 0) is 24.6 Å². The molecule has 0 amide bonds. The molecule has 96 valence electrons. The minimum absolute atomic E-state index is 0.201. The number of benzene rings is 2. The summed E-state index contributed by atoms with van der Waals surface area (Å²) < 4.78 is 0. The quantitative estimate of drug-likeness (QED) is 0.746. The zero-order valence-electron chi connectivity index (χ0n) is 10.9. The summed E-state index contributed by atoms with van der Waals surface area (Å²) in [7, 11) is 0. The second-order valence-electron chi connectivity index (χ2n) is 4.73. The molecule has 0 bridgehead atoms. The van der Waals surface area contributed by atoms with E-state index >= 15 is 0 Å². The Balaban J connectivity index is 1.71. The molecule has 0 radical (unpaired) electrons. The molecule has 0 saturated heterocycles. The summed E-state index contributed by atoms with van der Waals surface area (Å²) in [4.78, 5) is 7.96. The summed E-state index contributed by atoms with van der Waals surface area (Å²) in [5.74, 6) is 0.983. The van der Waals surface area contributed by atoms with Crippen molar-refractivity contribution in [1.29, 1.82) is 0 Å². The highest BCUT2D eigenvalue weighted by atomic mass is 15.0. The van der Waals surface area contributed by atoms with Crippen molar-refractivity contribution in [3.05, 3.63) is 66.0 Å². The van der Waals surface area contributed by atoms with Crippen LogP contribution < -0.4 is 5.32 Å². The van der Waals surface area contributed by atoms with Crippen LogP contribution >= 0.6 is 0 Å². The predicted octanol–water partition coefficient (Wildman–Crippen LogP) is 3.41. The van der Waals surface area contributed by atoms with E-state index in [2.05, 4.69) is 52.5 Å². The van der Waals surface area contributed by atoms with E-state index in [1.165, 1.54) is 5.56 Å². The third kappa shape index (κ3) is 2.66. The molecule has 0 fully saturated rings. The van der Waals surface area contributed by atoms with Crippen molar-refractivity contribution in [2.24, 2.45) is 0 Å². The molecule has 2 aromatic carbocycles. The van der Waals surface area contributed by atoms with Crippen molar-refractivity contribution in [3.63, 3.8) is 0 Å². The normalized spacial score (nSPS) is 12.7. The number of hydrogen-bond acceptors (Lipinski definition) is 2. The third-order valence-corrected chi connectivity index (χ3v) is 3.27. The van der Waals surface area contributed by atoms with E-state index in [4.69, 9.17) is 0 Å². The van der Waals surface area contributed by atoms with Gasteiger partial charge in [0.1, 0.15) is 5.82 Å². The zero-order valence-corrected chi connectivity index (χ0v) is 10.9. The third-order valence-electron chi connectivity index (χ3n) is 3.27. The van der Waals surface area contributed by atoms with Gasteiger partial charge in [0.15, 0.2) is 0 Å². The Morgan fingerprint density at radius 2 is 1.79 bits per heavy atom. The van der Waals surface area contributed by atoms with E-state index in [-0.39, 0.29) is 6.04 Å². The van der Waals surface area contributed by atoms with Crippen molar-refractivity contribution >= 4 is 11.0 Å². The van der Waals surface area contributed by atoms with Crippen LogP contribution in [-0.2, 0) is 6.54 Å². The van der Waals surface area contributed by atoms with Crippen LogP contribution in [0.5, 0.6) is 0 Å². The molecule has 3 heteroatoms. The molecule has 0 spiro atoms. The molecule has 3 nitrogen and oxygen atoms in total. The summed E-state index contributed by atoms with van der Waals surface area (Å²) in [5, 5.41) is 3.48. The Bertz CT molecular complexity index is 625. The number of nitrogens with one attached hydrogen (secondary N) is 2. The van der Waals surface area contributed by atoms with Gasteiger partial charge in [-0.15, -0.1) is 0 Å². The van der Waals surface area contributed by atoms with Crippen molar-refractivity contribution in [2.45, 2.75) is 19.5 Å². The maximum atomic E-state index is 4.61. The van der Waals surface area contributed by atoms with E-state index in [0.29, 0.717) is 0 Å². The van der Waals surface area contributed by atoms with Crippen LogP contribution in [0.25, 0.3) is 11.0 Å². The number of para-hydroxylation sites is 2. The summed E-state index contributed by atoms with van der Waals surface area (Å²) in [5.41, 5.74) is 3.39. The lowest BCUT2D eigenvalue weighted by atomic mass is 10.2. The molecule has 0 aliphatic rings. The number of nitrogens with zero attached hydrogens (tertiary/aromatic N) is 1. The smallest absolute Gasteiger partial charge is 0.124 e. The fourth-order valence-corrected chi connectivity index (χ4v) is 2.14. The molecule has 3 aromatic rings. The van der Waals surface area contributed by atoms with E-state index < -0.39 is 0 Å². The van der Waals surface area contributed by atoms with Crippen LogP contribution in [0.4, 0.5) is 0 Å². The Morgan fingerprint density at radius 1 is 1.05 bits per heavy atom. The fourth-order valence-electron chi connectivity index (χ4n) is 2.14. The van der Waals surface area contributed by atoms with Crippen LogP contribution in [0.3, 0.4) is 0 Å². The molecule has 19 heavy (non-hydrogen) atoms. The lowest BCUT2D eigenvalue weighted by molar-refractivity contribution is 0.552. The van der Waals surface area contributed by atoms with Gasteiger partial charge in [-0.1, -0.05) is 42.5 Å². The summed E-state index contributed by atoms with van der Waals surface area (Å²) >= 11 is 0. The number of H-pyrrole nitrogens is 1. The van der Waals surface area contributed by atoms with Crippen LogP contribution in [0.2, 0.25) is 0 Å². The number of fused-ring (bicyclic) bond motifs is 1. The van der Waals surface area contributed by atoms with Gasteiger partial charge in [0.25, 0.3) is 0 Å². The molecule has 0 aliphatic heterocycles. The number of aromatic nitrogens is 2. The molecule has 1 unspecified atom stereocenters. The Hall–Kier alpha value is -2.13. The van der Waals surface area contributed by atoms with Crippen molar-refractivity contribution in [3.8, 4) is 0 Å². The molecule has 1 atom stereocenters. The summed E-state index contributed by atoms with van der Waals surface area (Å²) in [6.45, 7) is 2.97. The highest BCUT2D eigenvalue weighted by Crippen LogP contribution is 2.15. The highest BCUT2D eigenvalue weighted by Gasteiger charge is 2.09.